The number of rotatable bonds is 3. The third-order valence-corrected chi connectivity index (χ3v) is 2.37. The molecule has 0 aliphatic carbocycles. The highest BCUT2D eigenvalue weighted by Gasteiger charge is 2.10. The fourth-order valence-corrected chi connectivity index (χ4v) is 1.74. The van der Waals surface area contributed by atoms with E-state index >= 15 is 0 Å². The van der Waals surface area contributed by atoms with Crippen molar-refractivity contribution in [2.45, 2.75) is 26.2 Å². The smallest absolute Gasteiger partial charge is 0.130 e. The summed E-state index contributed by atoms with van der Waals surface area (Å²) in [6, 6.07) is 7.66. The van der Waals surface area contributed by atoms with E-state index in [1.165, 1.54) is 0 Å². The minimum Gasteiger partial charge on any atom is -0.300 e. The molecule has 0 aromatic heterocycles. The predicted octanol–water partition coefficient (Wildman–Crippen LogP) is 3.42. The van der Waals surface area contributed by atoms with Crippen LogP contribution in [0.4, 0.5) is 0 Å². The molecule has 0 fully saturated rings. The second-order valence-electron chi connectivity index (χ2n) is 3.33. The first kappa shape index (κ1) is 10.3. The second kappa shape index (κ2) is 4.43. The number of hydrogen-bond donors (Lipinski definition) is 0. The summed E-state index contributed by atoms with van der Waals surface area (Å²) in [6.07, 6.45) is 0.559. The van der Waals surface area contributed by atoms with Crippen LogP contribution in [0.15, 0.2) is 24.3 Å². The van der Waals surface area contributed by atoms with Gasteiger partial charge in [0.25, 0.3) is 0 Å². The number of carbonyl (C=O) groups excluding carboxylic acids is 1. The first-order chi connectivity index (χ1) is 6.11. The summed E-state index contributed by atoms with van der Waals surface area (Å²) in [7, 11) is 0. The molecule has 2 heteroatoms. The summed E-state index contributed by atoms with van der Waals surface area (Å²) < 4.78 is 0. The van der Waals surface area contributed by atoms with Crippen LogP contribution in [0.1, 0.15) is 31.7 Å². The fourth-order valence-electron chi connectivity index (χ4n) is 1.42. The van der Waals surface area contributed by atoms with Gasteiger partial charge in [0.2, 0.25) is 0 Å². The lowest BCUT2D eigenvalue weighted by molar-refractivity contribution is -0.117. The standard InChI is InChI=1S/C11H13ClO/c1-8(7-9(2)13)10-5-3-4-6-11(10)12/h3-6,8H,7H2,1-2H3. The molecule has 70 valence electrons. The van der Waals surface area contributed by atoms with E-state index in [0.717, 1.165) is 10.6 Å². The zero-order chi connectivity index (χ0) is 9.84. The quantitative estimate of drug-likeness (QED) is 0.724. The zero-order valence-electron chi connectivity index (χ0n) is 7.88. The molecule has 0 aliphatic heterocycles. The lowest BCUT2D eigenvalue weighted by atomic mass is 9.96. The minimum atomic E-state index is 0.201. The number of hydrogen-bond acceptors (Lipinski definition) is 1. The number of Topliss-reactive ketones (excluding diaryl/α,β-unsaturated/α-hetero) is 1. The van der Waals surface area contributed by atoms with Gasteiger partial charge in [-0.25, -0.2) is 0 Å². The van der Waals surface area contributed by atoms with Crippen LogP contribution >= 0.6 is 11.6 Å². The van der Waals surface area contributed by atoms with Crippen molar-refractivity contribution in [3.05, 3.63) is 34.9 Å². The summed E-state index contributed by atoms with van der Waals surface area (Å²) in [5.74, 6) is 0.415. The van der Waals surface area contributed by atoms with Crippen LogP contribution in [0.5, 0.6) is 0 Å². The lowest BCUT2D eigenvalue weighted by Crippen LogP contribution is -2.00. The molecule has 0 bridgehead atoms. The Kier molecular flexibility index (Phi) is 3.49. The monoisotopic (exact) mass is 196 g/mol. The van der Waals surface area contributed by atoms with Crippen molar-refractivity contribution in [1.29, 1.82) is 0 Å². The van der Waals surface area contributed by atoms with Gasteiger partial charge in [-0.2, -0.15) is 0 Å². The Morgan fingerprint density at radius 2 is 2.08 bits per heavy atom. The maximum absolute atomic E-state index is 10.9. The molecule has 0 aliphatic rings. The molecule has 1 aromatic carbocycles. The molecule has 1 rings (SSSR count). The van der Waals surface area contributed by atoms with Gasteiger partial charge in [-0.15, -0.1) is 0 Å². The largest absolute Gasteiger partial charge is 0.300 e. The fraction of sp³-hybridized carbons (Fsp3) is 0.364. The van der Waals surface area contributed by atoms with Gasteiger partial charge in [-0.3, -0.25) is 0 Å². The van der Waals surface area contributed by atoms with Crippen molar-refractivity contribution in [3.8, 4) is 0 Å². The van der Waals surface area contributed by atoms with Crippen LogP contribution in [0, 0.1) is 0 Å². The summed E-state index contributed by atoms with van der Waals surface area (Å²) in [5.41, 5.74) is 1.05. The normalized spacial score (nSPS) is 12.5. The molecule has 1 atom stereocenters. The summed E-state index contributed by atoms with van der Waals surface area (Å²) in [4.78, 5) is 10.9. The molecule has 13 heavy (non-hydrogen) atoms. The minimum absolute atomic E-state index is 0.201. The van der Waals surface area contributed by atoms with E-state index in [4.69, 9.17) is 11.6 Å². The Balaban J connectivity index is 2.82. The molecule has 0 spiro atoms. The van der Waals surface area contributed by atoms with Crippen molar-refractivity contribution in [1.82, 2.24) is 0 Å². The molecule has 1 unspecified atom stereocenters. The van der Waals surface area contributed by atoms with Gasteiger partial charge in [0.05, 0.1) is 0 Å². The zero-order valence-corrected chi connectivity index (χ0v) is 8.64. The van der Waals surface area contributed by atoms with E-state index in [-0.39, 0.29) is 11.7 Å². The van der Waals surface area contributed by atoms with Crippen molar-refractivity contribution >= 4 is 17.4 Å². The van der Waals surface area contributed by atoms with Gasteiger partial charge in [0.15, 0.2) is 0 Å². The highest BCUT2D eigenvalue weighted by molar-refractivity contribution is 6.31. The first-order valence-electron chi connectivity index (χ1n) is 4.35. The SMILES string of the molecule is CC(=O)CC(C)c1ccccc1Cl. The van der Waals surface area contributed by atoms with Gasteiger partial charge in [-0.05, 0) is 24.5 Å². The average molecular weight is 197 g/mol. The van der Waals surface area contributed by atoms with Crippen molar-refractivity contribution < 1.29 is 4.79 Å². The molecule has 0 amide bonds. The summed E-state index contributed by atoms with van der Waals surface area (Å²) in [5, 5.41) is 0.747. The molecular formula is C11H13ClO. The van der Waals surface area contributed by atoms with Crippen molar-refractivity contribution in [2.24, 2.45) is 0 Å². The summed E-state index contributed by atoms with van der Waals surface area (Å²) in [6.45, 7) is 3.62. The Morgan fingerprint density at radius 1 is 1.46 bits per heavy atom. The molecule has 0 heterocycles. The van der Waals surface area contributed by atoms with E-state index < -0.39 is 0 Å². The van der Waals surface area contributed by atoms with Crippen LogP contribution in [0.3, 0.4) is 0 Å². The van der Waals surface area contributed by atoms with E-state index in [0.29, 0.717) is 6.42 Å². The average Bonchev–Trinajstić information content (AvgIpc) is 2.03. The Hall–Kier alpha value is -0.820. The van der Waals surface area contributed by atoms with Gasteiger partial charge in [-0.1, -0.05) is 36.7 Å². The predicted molar refractivity (Wildman–Crippen MR) is 55.2 cm³/mol. The number of carbonyl (C=O) groups is 1. The maximum atomic E-state index is 10.9. The van der Waals surface area contributed by atoms with E-state index in [2.05, 4.69) is 0 Å². The third-order valence-electron chi connectivity index (χ3n) is 2.03. The molecule has 0 N–H and O–H groups in total. The highest BCUT2D eigenvalue weighted by Crippen LogP contribution is 2.26. The van der Waals surface area contributed by atoms with Crippen LogP contribution in [0.25, 0.3) is 0 Å². The molecule has 1 aromatic rings. The second-order valence-corrected chi connectivity index (χ2v) is 3.74. The number of halogens is 1. The van der Waals surface area contributed by atoms with Gasteiger partial charge in [0.1, 0.15) is 5.78 Å². The van der Waals surface area contributed by atoms with Gasteiger partial charge < -0.3 is 4.79 Å². The van der Waals surface area contributed by atoms with Crippen molar-refractivity contribution in [3.63, 3.8) is 0 Å². The Labute approximate surface area is 83.7 Å². The topological polar surface area (TPSA) is 17.1 Å². The van der Waals surface area contributed by atoms with E-state index in [9.17, 15) is 4.79 Å². The first-order valence-corrected chi connectivity index (χ1v) is 4.73. The third kappa shape index (κ3) is 2.85. The van der Waals surface area contributed by atoms with E-state index in [1.54, 1.807) is 6.92 Å². The van der Waals surface area contributed by atoms with Gasteiger partial charge in [0, 0.05) is 11.4 Å². The van der Waals surface area contributed by atoms with E-state index in [1.807, 2.05) is 31.2 Å². The van der Waals surface area contributed by atoms with Crippen LogP contribution < -0.4 is 0 Å². The number of ketones is 1. The van der Waals surface area contributed by atoms with Crippen molar-refractivity contribution in [2.75, 3.05) is 0 Å². The Bertz CT molecular complexity index is 307. The van der Waals surface area contributed by atoms with Crippen LogP contribution in [0.2, 0.25) is 5.02 Å². The Morgan fingerprint density at radius 3 is 2.62 bits per heavy atom. The molecule has 0 saturated heterocycles. The number of benzene rings is 1. The van der Waals surface area contributed by atoms with Crippen LogP contribution in [-0.4, -0.2) is 5.78 Å². The lowest BCUT2D eigenvalue weighted by Gasteiger charge is -2.10. The highest BCUT2D eigenvalue weighted by atomic mass is 35.5. The van der Waals surface area contributed by atoms with Crippen LogP contribution in [-0.2, 0) is 4.79 Å². The molecule has 1 nitrogen and oxygen atoms in total. The van der Waals surface area contributed by atoms with Gasteiger partial charge >= 0.3 is 0 Å². The maximum Gasteiger partial charge on any atom is 0.130 e. The molecule has 0 radical (unpaired) electrons. The summed E-state index contributed by atoms with van der Waals surface area (Å²) >= 11 is 5.99. The molecular weight excluding hydrogens is 184 g/mol. The molecule has 0 saturated carbocycles.